The van der Waals surface area contributed by atoms with Crippen LogP contribution in [0, 0.1) is 11.8 Å². The highest BCUT2D eigenvalue weighted by molar-refractivity contribution is 6.31. The highest BCUT2D eigenvalue weighted by Gasteiger charge is 2.57. The topological polar surface area (TPSA) is 17.1 Å². The molecule has 0 amide bonds. The summed E-state index contributed by atoms with van der Waals surface area (Å²) in [6.45, 7) is 4.32. The first kappa shape index (κ1) is 10.7. The summed E-state index contributed by atoms with van der Waals surface area (Å²) >= 11 is 6.20. The van der Waals surface area contributed by atoms with Gasteiger partial charge in [0.15, 0.2) is 0 Å². The molecule has 1 aliphatic carbocycles. The monoisotopic (exact) mass is 222 g/mol. The molecular formula is C13H15ClO. The van der Waals surface area contributed by atoms with Crippen LogP contribution >= 0.6 is 11.6 Å². The van der Waals surface area contributed by atoms with Crippen LogP contribution < -0.4 is 0 Å². The van der Waals surface area contributed by atoms with Gasteiger partial charge < -0.3 is 4.79 Å². The van der Waals surface area contributed by atoms with E-state index in [1.54, 1.807) is 0 Å². The van der Waals surface area contributed by atoms with E-state index in [1.807, 2.05) is 24.3 Å². The molecule has 15 heavy (non-hydrogen) atoms. The third kappa shape index (κ3) is 1.50. The summed E-state index contributed by atoms with van der Waals surface area (Å²) in [7, 11) is 0. The Morgan fingerprint density at radius 3 is 2.60 bits per heavy atom. The average Bonchev–Trinajstić information content (AvgIpc) is 2.94. The van der Waals surface area contributed by atoms with Crippen LogP contribution in [0.5, 0.6) is 0 Å². The highest BCUT2D eigenvalue weighted by Crippen LogP contribution is 2.59. The Labute approximate surface area is 95.4 Å². The second-order valence-electron chi connectivity index (χ2n) is 4.62. The molecule has 1 saturated carbocycles. The number of hydrogen-bond donors (Lipinski definition) is 0. The molecular weight excluding hydrogens is 208 g/mol. The van der Waals surface area contributed by atoms with Crippen molar-refractivity contribution in [1.82, 2.24) is 0 Å². The van der Waals surface area contributed by atoms with Crippen LogP contribution in [0.3, 0.4) is 0 Å². The molecule has 1 aliphatic rings. The Kier molecular flexibility index (Phi) is 2.59. The van der Waals surface area contributed by atoms with Gasteiger partial charge in [0.05, 0.1) is 0 Å². The van der Waals surface area contributed by atoms with Crippen molar-refractivity contribution in [1.29, 1.82) is 0 Å². The molecule has 0 spiro atoms. The maximum Gasteiger partial charge on any atom is 0.124 e. The van der Waals surface area contributed by atoms with E-state index in [0.717, 1.165) is 23.3 Å². The van der Waals surface area contributed by atoms with E-state index in [9.17, 15) is 4.79 Å². The molecule has 0 aliphatic heterocycles. The Morgan fingerprint density at radius 2 is 2.13 bits per heavy atom. The van der Waals surface area contributed by atoms with E-state index in [0.29, 0.717) is 5.92 Å². The average molecular weight is 223 g/mol. The Morgan fingerprint density at radius 1 is 1.47 bits per heavy atom. The molecule has 0 radical (unpaired) electrons. The van der Waals surface area contributed by atoms with Gasteiger partial charge in [-0.25, -0.2) is 0 Å². The first-order valence-electron chi connectivity index (χ1n) is 5.33. The molecule has 0 heterocycles. The van der Waals surface area contributed by atoms with Gasteiger partial charge in [0, 0.05) is 16.4 Å². The zero-order chi connectivity index (χ0) is 11.1. The largest absolute Gasteiger partial charge is 0.303 e. The first-order valence-corrected chi connectivity index (χ1v) is 5.71. The number of aldehydes is 1. The van der Waals surface area contributed by atoms with E-state index in [4.69, 9.17) is 11.6 Å². The van der Waals surface area contributed by atoms with Crippen molar-refractivity contribution in [3.63, 3.8) is 0 Å². The maximum atomic E-state index is 10.9. The van der Waals surface area contributed by atoms with Gasteiger partial charge in [-0.1, -0.05) is 43.6 Å². The minimum Gasteiger partial charge on any atom is -0.303 e. The molecule has 2 unspecified atom stereocenters. The van der Waals surface area contributed by atoms with Crippen molar-refractivity contribution < 1.29 is 4.79 Å². The van der Waals surface area contributed by atoms with E-state index in [-0.39, 0.29) is 11.3 Å². The standard InChI is InChI=1S/C13H15ClO/c1-9(2)13(7-10(13)8-15)11-5-3-4-6-12(11)14/h3-6,8-10H,7H2,1-2H3. The third-order valence-electron chi connectivity index (χ3n) is 3.63. The van der Waals surface area contributed by atoms with Crippen LogP contribution in [0.25, 0.3) is 0 Å². The van der Waals surface area contributed by atoms with Gasteiger partial charge in [-0.3, -0.25) is 0 Å². The van der Waals surface area contributed by atoms with Crippen LogP contribution in [0.15, 0.2) is 24.3 Å². The van der Waals surface area contributed by atoms with Gasteiger partial charge in [0.25, 0.3) is 0 Å². The predicted molar refractivity (Wildman–Crippen MR) is 62.1 cm³/mol. The number of rotatable bonds is 3. The Hall–Kier alpha value is -0.820. The van der Waals surface area contributed by atoms with Gasteiger partial charge in [-0.05, 0) is 24.0 Å². The molecule has 1 aromatic rings. The van der Waals surface area contributed by atoms with Gasteiger partial charge in [-0.15, -0.1) is 0 Å². The molecule has 0 N–H and O–H groups in total. The van der Waals surface area contributed by atoms with Crippen LogP contribution in [-0.4, -0.2) is 6.29 Å². The molecule has 1 nitrogen and oxygen atoms in total. The van der Waals surface area contributed by atoms with Gasteiger partial charge in [0.1, 0.15) is 6.29 Å². The van der Waals surface area contributed by atoms with Gasteiger partial charge in [0.2, 0.25) is 0 Å². The van der Waals surface area contributed by atoms with Crippen molar-refractivity contribution in [3.05, 3.63) is 34.9 Å². The van der Waals surface area contributed by atoms with Crippen molar-refractivity contribution in [2.24, 2.45) is 11.8 Å². The lowest BCUT2D eigenvalue weighted by Gasteiger charge is -2.22. The van der Waals surface area contributed by atoms with Gasteiger partial charge in [-0.2, -0.15) is 0 Å². The summed E-state index contributed by atoms with van der Waals surface area (Å²) in [5.74, 6) is 0.602. The third-order valence-corrected chi connectivity index (χ3v) is 3.96. The number of hydrogen-bond acceptors (Lipinski definition) is 1. The zero-order valence-electron chi connectivity index (χ0n) is 9.03. The predicted octanol–water partition coefficient (Wildman–Crippen LogP) is 3.45. The number of halogens is 1. The summed E-state index contributed by atoms with van der Waals surface area (Å²) in [4.78, 5) is 10.9. The Balaban J connectivity index is 2.45. The zero-order valence-corrected chi connectivity index (χ0v) is 9.79. The van der Waals surface area contributed by atoms with E-state index in [1.165, 1.54) is 0 Å². The van der Waals surface area contributed by atoms with E-state index >= 15 is 0 Å². The molecule has 0 bridgehead atoms. The normalized spacial score (nSPS) is 29.2. The summed E-state index contributed by atoms with van der Waals surface area (Å²) in [6, 6.07) is 7.87. The molecule has 2 atom stereocenters. The van der Waals surface area contributed by atoms with Gasteiger partial charge >= 0.3 is 0 Å². The lowest BCUT2D eigenvalue weighted by atomic mass is 9.83. The highest BCUT2D eigenvalue weighted by atomic mass is 35.5. The minimum absolute atomic E-state index is 0.0000926. The summed E-state index contributed by atoms with van der Waals surface area (Å²) < 4.78 is 0. The van der Waals surface area contributed by atoms with Crippen molar-refractivity contribution in [3.8, 4) is 0 Å². The first-order chi connectivity index (χ1) is 7.13. The molecule has 1 aromatic carbocycles. The van der Waals surface area contributed by atoms with Crippen LogP contribution in [-0.2, 0) is 10.2 Å². The summed E-state index contributed by atoms with van der Waals surface area (Å²) in [5.41, 5.74) is 1.14. The Bertz CT molecular complexity index is 386. The second kappa shape index (κ2) is 3.64. The summed E-state index contributed by atoms with van der Waals surface area (Å²) in [6.07, 6.45) is 2.02. The molecule has 2 heteroatoms. The fourth-order valence-electron chi connectivity index (χ4n) is 2.60. The van der Waals surface area contributed by atoms with Crippen molar-refractivity contribution in [2.75, 3.05) is 0 Å². The van der Waals surface area contributed by atoms with Crippen LogP contribution in [0.4, 0.5) is 0 Å². The number of carbonyl (C=O) groups is 1. The lowest BCUT2D eigenvalue weighted by molar-refractivity contribution is -0.109. The minimum atomic E-state index is 0.0000926. The number of carbonyl (C=O) groups excluding carboxylic acids is 1. The van der Waals surface area contributed by atoms with Crippen molar-refractivity contribution >= 4 is 17.9 Å². The van der Waals surface area contributed by atoms with E-state index < -0.39 is 0 Å². The molecule has 80 valence electrons. The van der Waals surface area contributed by atoms with Crippen LogP contribution in [0.1, 0.15) is 25.8 Å². The fraction of sp³-hybridized carbons (Fsp3) is 0.462. The molecule has 2 rings (SSSR count). The smallest absolute Gasteiger partial charge is 0.124 e. The quantitative estimate of drug-likeness (QED) is 0.716. The SMILES string of the molecule is CC(C)C1(c2ccccc2Cl)CC1C=O. The second-order valence-corrected chi connectivity index (χ2v) is 5.03. The fourth-order valence-corrected chi connectivity index (χ4v) is 2.91. The molecule has 1 fully saturated rings. The molecule has 0 aromatic heterocycles. The van der Waals surface area contributed by atoms with Crippen molar-refractivity contribution in [2.45, 2.75) is 25.7 Å². The number of benzene rings is 1. The lowest BCUT2D eigenvalue weighted by Crippen LogP contribution is -2.19. The summed E-state index contributed by atoms with van der Waals surface area (Å²) in [5, 5.41) is 0.788. The molecule has 0 saturated heterocycles. The van der Waals surface area contributed by atoms with E-state index in [2.05, 4.69) is 13.8 Å². The van der Waals surface area contributed by atoms with Crippen LogP contribution in [0.2, 0.25) is 5.02 Å². The maximum absolute atomic E-state index is 10.9.